The number of hydrogen-bond donors (Lipinski definition) is 1. The molecule has 1 aliphatic heterocycles. The number of alkyl halides is 3. The number of piperidine rings is 1. The highest BCUT2D eigenvalue weighted by atomic mass is 32.1. The predicted molar refractivity (Wildman–Crippen MR) is 132 cm³/mol. The maximum atomic E-state index is 13.9. The van der Waals surface area contributed by atoms with Crippen LogP contribution in [0.2, 0.25) is 0 Å². The van der Waals surface area contributed by atoms with Crippen molar-refractivity contribution in [1.29, 1.82) is 0 Å². The van der Waals surface area contributed by atoms with Gasteiger partial charge in [-0.05, 0) is 69.3 Å². The quantitative estimate of drug-likeness (QED) is 0.508. The molecule has 1 saturated heterocycles. The van der Waals surface area contributed by atoms with E-state index in [4.69, 9.17) is 0 Å². The van der Waals surface area contributed by atoms with Crippen molar-refractivity contribution in [3.8, 4) is 0 Å². The van der Waals surface area contributed by atoms with Crippen molar-refractivity contribution in [2.75, 3.05) is 13.1 Å². The molecule has 7 nitrogen and oxygen atoms in total. The van der Waals surface area contributed by atoms with Gasteiger partial charge in [0.1, 0.15) is 12.2 Å². The number of nitrogens with zero attached hydrogens (tertiary/aromatic N) is 4. The number of carbonyl (C=O) groups is 2. The summed E-state index contributed by atoms with van der Waals surface area (Å²) in [4.78, 5) is 33.4. The van der Waals surface area contributed by atoms with Crippen molar-refractivity contribution in [3.63, 3.8) is 0 Å². The van der Waals surface area contributed by atoms with Gasteiger partial charge in [-0.3, -0.25) is 19.2 Å². The molecular weight excluding hydrogens is 503 g/mol. The van der Waals surface area contributed by atoms with Gasteiger partial charge >= 0.3 is 6.18 Å². The molecule has 0 radical (unpaired) electrons. The Kier molecular flexibility index (Phi) is 7.17. The van der Waals surface area contributed by atoms with Crippen molar-refractivity contribution >= 4 is 23.2 Å². The van der Waals surface area contributed by atoms with Gasteiger partial charge in [0, 0.05) is 17.0 Å². The maximum Gasteiger partial charge on any atom is 0.435 e. The number of fused-ring (bicyclic) bond motifs is 1. The zero-order chi connectivity index (χ0) is 26.2. The number of benzene rings is 1. The Balaban J connectivity index is 1.48. The molecular formula is C26H28F3N5O2S. The number of aryl methyl sites for hydroxylation is 2. The fourth-order valence-electron chi connectivity index (χ4n) is 5.20. The summed E-state index contributed by atoms with van der Waals surface area (Å²) in [7, 11) is 0. The molecule has 1 atom stereocenters. The molecule has 0 bridgehead atoms. The molecule has 1 fully saturated rings. The summed E-state index contributed by atoms with van der Waals surface area (Å²) >= 11 is 1.42. The van der Waals surface area contributed by atoms with Crippen LogP contribution in [0, 0.1) is 6.92 Å². The third-order valence-corrected chi connectivity index (χ3v) is 8.13. The predicted octanol–water partition coefficient (Wildman–Crippen LogP) is 4.88. The first-order valence-corrected chi connectivity index (χ1v) is 13.3. The molecule has 2 aromatic heterocycles. The van der Waals surface area contributed by atoms with E-state index >= 15 is 0 Å². The molecule has 2 amide bonds. The number of carbonyl (C=O) groups excluding carboxylic acids is 2. The van der Waals surface area contributed by atoms with E-state index in [1.807, 2.05) is 24.3 Å². The van der Waals surface area contributed by atoms with Crippen molar-refractivity contribution < 1.29 is 22.8 Å². The first-order chi connectivity index (χ1) is 17.7. The van der Waals surface area contributed by atoms with Crippen molar-refractivity contribution in [2.24, 2.45) is 0 Å². The van der Waals surface area contributed by atoms with Crippen molar-refractivity contribution in [2.45, 2.75) is 63.7 Å². The third kappa shape index (κ3) is 5.33. The molecule has 1 aliphatic carbocycles. The van der Waals surface area contributed by atoms with E-state index in [2.05, 4.69) is 15.4 Å². The molecule has 196 valence electrons. The van der Waals surface area contributed by atoms with Crippen LogP contribution in [0.25, 0.3) is 0 Å². The Morgan fingerprint density at radius 3 is 2.68 bits per heavy atom. The van der Waals surface area contributed by atoms with E-state index in [9.17, 15) is 22.8 Å². The van der Waals surface area contributed by atoms with Gasteiger partial charge in [-0.25, -0.2) is 4.98 Å². The molecule has 37 heavy (non-hydrogen) atoms. The number of rotatable bonds is 5. The highest BCUT2D eigenvalue weighted by molar-refractivity contribution is 7.09. The molecule has 1 aromatic carbocycles. The summed E-state index contributed by atoms with van der Waals surface area (Å²) in [6.07, 6.45) is -0.560. The normalized spacial score (nSPS) is 18.4. The summed E-state index contributed by atoms with van der Waals surface area (Å²) in [5.41, 5.74) is 1.27. The number of nitrogens with one attached hydrogen (secondary N) is 1. The highest BCUT2D eigenvalue weighted by Gasteiger charge is 2.38. The number of hydrogen-bond acceptors (Lipinski definition) is 6. The molecule has 3 heterocycles. The van der Waals surface area contributed by atoms with Crippen LogP contribution < -0.4 is 5.32 Å². The molecule has 1 N–H and O–H groups in total. The number of aromatic nitrogens is 3. The smallest absolute Gasteiger partial charge is 0.317 e. The van der Waals surface area contributed by atoms with Gasteiger partial charge in [0.05, 0.1) is 11.0 Å². The Morgan fingerprint density at radius 2 is 1.95 bits per heavy atom. The Labute approximate surface area is 216 Å². The average molecular weight is 532 g/mol. The number of imide groups is 1. The second kappa shape index (κ2) is 10.4. The van der Waals surface area contributed by atoms with Gasteiger partial charge in [-0.2, -0.15) is 18.3 Å². The molecule has 0 saturated carbocycles. The van der Waals surface area contributed by atoms with Crippen LogP contribution in [-0.2, 0) is 23.9 Å². The molecule has 0 spiro atoms. The standard InChI is InChI=1S/C26H28F3N5O2S/c1-16-13-22(26(27,28)29)32-33(16)14-23(35)34(21-8-4-6-17-5-2-3-7-19(17)21)25(36)20-15-37-24(31-20)18-9-11-30-12-10-18/h2-3,5,7,13,15,18,21,30H,4,6,8-12,14H2,1H3. The second-order valence-electron chi connectivity index (χ2n) is 9.60. The van der Waals surface area contributed by atoms with Gasteiger partial charge in [0.15, 0.2) is 5.69 Å². The third-order valence-electron chi connectivity index (χ3n) is 7.12. The minimum absolute atomic E-state index is 0.193. The lowest BCUT2D eigenvalue weighted by atomic mass is 9.86. The van der Waals surface area contributed by atoms with Crippen LogP contribution in [0.4, 0.5) is 13.2 Å². The monoisotopic (exact) mass is 531 g/mol. The maximum absolute atomic E-state index is 13.9. The number of thiazole rings is 1. The topological polar surface area (TPSA) is 80.1 Å². The lowest BCUT2D eigenvalue weighted by molar-refractivity contribution is -0.142. The Bertz CT molecular complexity index is 1300. The van der Waals surface area contributed by atoms with E-state index in [0.717, 1.165) is 65.7 Å². The zero-order valence-electron chi connectivity index (χ0n) is 20.4. The van der Waals surface area contributed by atoms with Gasteiger partial charge in [0.2, 0.25) is 0 Å². The van der Waals surface area contributed by atoms with E-state index in [-0.39, 0.29) is 17.3 Å². The highest BCUT2D eigenvalue weighted by Crippen LogP contribution is 2.36. The summed E-state index contributed by atoms with van der Waals surface area (Å²) in [5.74, 6) is -0.869. The summed E-state index contributed by atoms with van der Waals surface area (Å²) in [5, 5.41) is 9.48. The lowest BCUT2D eigenvalue weighted by Gasteiger charge is -2.34. The molecule has 2 aliphatic rings. The van der Waals surface area contributed by atoms with Crippen LogP contribution in [0.3, 0.4) is 0 Å². The van der Waals surface area contributed by atoms with Gasteiger partial charge in [0.25, 0.3) is 11.8 Å². The van der Waals surface area contributed by atoms with Crippen LogP contribution in [0.1, 0.15) is 75.7 Å². The van der Waals surface area contributed by atoms with E-state index in [1.165, 1.54) is 23.2 Å². The molecule has 1 unspecified atom stereocenters. The van der Waals surface area contributed by atoms with Gasteiger partial charge in [-0.15, -0.1) is 11.3 Å². The van der Waals surface area contributed by atoms with Crippen LogP contribution in [0.5, 0.6) is 0 Å². The summed E-state index contributed by atoms with van der Waals surface area (Å²) in [6.45, 7) is 2.77. The molecule has 5 rings (SSSR count). The Hall–Kier alpha value is -3.05. The van der Waals surface area contributed by atoms with Crippen molar-refractivity contribution in [3.05, 3.63) is 68.9 Å². The number of halogens is 3. The van der Waals surface area contributed by atoms with Crippen molar-refractivity contribution in [1.82, 2.24) is 25.0 Å². The minimum atomic E-state index is -4.62. The summed E-state index contributed by atoms with van der Waals surface area (Å²) < 4.78 is 40.6. The van der Waals surface area contributed by atoms with Gasteiger partial charge in [-0.1, -0.05) is 24.3 Å². The summed E-state index contributed by atoms with van der Waals surface area (Å²) in [6, 6.07) is 8.07. The number of amides is 2. The molecule has 11 heteroatoms. The fourth-order valence-corrected chi connectivity index (χ4v) is 6.17. The van der Waals surface area contributed by atoms with E-state index in [0.29, 0.717) is 6.42 Å². The first-order valence-electron chi connectivity index (χ1n) is 12.4. The SMILES string of the molecule is Cc1cc(C(F)(F)F)nn1CC(=O)N(C(=O)c1csc(C2CCNCC2)n1)C1CCCc2ccccc21. The average Bonchev–Trinajstić information content (AvgIpc) is 3.52. The van der Waals surface area contributed by atoms with Gasteiger partial charge < -0.3 is 5.32 Å². The second-order valence-corrected chi connectivity index (χ2v) is 10.5. The molecule has 3 aromatic rings. The Morgan fingerprint density at radius 1 is 1.19 bits per heavy atom. The zero-order valence-corrected chi connectivity index (χ0v) is 21.2. The first kappa shape index (κ1) is 25.6. The van der Waals surface area contributed by atoms with Crippen LogP contribution in [-0.4, -0.2) is 44.6 Å². The largest absolute Gasteiger partial charge is 0.435 e. The van der Waals surface area contributed by atoms with E-state index < -0.39 is 36.3 Å². The van der Waals surface area contributed by atoms with E-state index in [1.54, 1.807) is 5.38 Å². The van der Waals surface area contributed by atoms with Crippen LogP contribution >= 0.6 is 11.3 Å². The van der Waals surface area contributed by atoms with Crippen LogP contribution in [0.15, 0.2) is 35.7 Å². The lowest BCUT2D eigenvalue weighted by Crippen LogP contribution is -2.43. The fraction of sp³-hybridized carbons (Fsp3) is 0.462. The minimum Gasteiger partial charge on any atom is -0.317 e.